The van der Waals surface area contributed by atoms with Crippen LogP contribution in [0.5, 0.6) is 5.75 Å². The van der Waals surface area contributed by atoms with Gasteiger partial charge in [0.15, 0.2) is 0 Å². The summed E-state index contributed by atoms with van der Waals surface area (Å²) >= 11 is 0. The van der Waals surface area contributed by atoms with Gasteiger partial charge in [-0.3, -0.25) is 14.4 Å². The molecule has 7 nitrogen and oxygen atoms in total. The number of nitrogens with one attached hydrogen (secondary N) is 1. The van der Waals surface area contributed by atoms with Crippen molar-refractivity contribution in [1.29, 1.82) is 0 Å². The van der Waals surface area contributed by atoms with Crippen LogP contribution in [0.1, 0.15) is 30.1 Å². The molecule has 0 unspecified atom stereocenters. The van der Waals surface area contributed by atoms with Gasteiger partial charge in [0, 0.05) is 6.42 Å². The molecule has 1 rings (SSSR count). The maximum Gasteiger partial charge on any atom is 0.306 e. The average Bonchev–Trinajstić information content (AvgIpc) is 2.56. The molecule has 0 saturated carbocycles. The fraction of sp³-hybridized carbons (Fsp3) is 0.353. The van der Waals surface area contributed by atoms with Crippen molar-refractivity contribution < 1.29 is 23.9 Å². The number of carbonyl (C=O) groups excluding carboxylic acids is 3. The number of benzene rings is 1. The third kappa shape index (κ3) is 7.31. The summed E-state index contributed by atoms with van der Waals surface area (Å²) in [7, 11) is 0. The lowest BCUT2D eigenvalue weighted by molar-refractivity contribution is -0.144. The Morgan fingerprint density at radius 2 is 1.92 bits per heavy atom. The fourth-order valence-corrected chi connectivity index (χ4v) is 1.70. The molecule has 0 aromatic heterocycles. The molecule has 128 valence electrons. The van der Waals surface area contributed by atoms with Gasteiger partial charge in [0.1, 0.15) is 12.4 Å². The van der Waals surface area contributed by atoms with Crippen LogP contribution in [0, 0.1) is 11.8 Å². The maximum absolute atomic E-state index is 11.5. The standard InChI is InChI=1S/C17H20N2O5/c1-2-23-16(21)10-9-15(20)19-11-5-6-12-24-14-8-4-3-7-13(14)17(18)22/h3-4,7-8H,2,9-12H2,1H3,(H2,18,22)(H,19,20). The highest BCUT2D eigenvalue weighted by atomic mass is 16.5. The lowest BCUT2D eigenvalue weighted by Gasteiger charge is -2.05. The molecular formula is C17H20N2O5. The Hall–Kier alpha value is -3.01. The molecule has 0 atom stereocenters. The van der Waals surface area contributed by atoms with Gasteiger partial charge in [0.25, 0.3) is 5.91 Å². The zero-order chi connectivity index (χ0) is 17.8. The largest absolute Gasteiger partial charge is 0.480 e. The van der Waals surface area contributed by atoms with Crippen LogP contribution in [0.25, 0.3) is 0 Å². The zero-order valence-corrected chi connectivity index (χ0v) is 13.5. The van der Waals surface area contributed by atoms with E-state index >= 15 is 0 Å². The first-order valence-corrected chi connectivity index (χ1v) is 7.44. The number of primary amides is 1. The molecule has 0 aliphatic carbocycles. The van der Waals surface area contributed by atoms with Crippen molar-refractivity contribution in [3.05, 3.63) is 29.8 Å². The Morgan fingerprint density at radius 3 is 2.62 bits per heavy atom. The van der Waals surface area contributed by atoms with Gasteiger partial charge >= 0.3 is 5.97 Å². The minimum absolute atomic E-state index is 0.0418. The Bertz CT molecular complexity index is 646. The number of ether oxygens (including phenoxy) is 2. The quantitative estimate of drug-likeness (QED) is 0.536. The van der Waals surface area contributed by atoms with Crippen LogP contribution in [0.15, 0.2) is 24.3 Å². The monoisotopic (exact) mass is 332 g/mol. The highest BCUT2D eigenvalue weighted by Crippen LogP contribution is 2.16. The first-order chi connectivity index (χ1) is 11.5. The molecule has 0 fully saturated rings. The fourth-order valence-electron chi connectivity index (χ4n) is 1.70. The molecule has 24 heavy (non-hydrogen) atoms. The Kier molecular flexibility index (Phi) is 8.47. The smallest absolute Gasteiger partial charge is 0.306 e. The second-order valence-electron chi connectivity index (χ2n) is 4.58. The summed E-state index contributed by atoms with van der Waals surface area (Å²) in [5, 5.41) is 2.56. The summed E-state index contributed by atoms with van der Waals surface area (Å²) in [6.07, 6.45) is 0.100. The first kappa shape index (κ1) is 19.0. The molecule has 0 heterocycles. The van der Waals surface area contributed by atoms with Crippen molar-refractivity contribution in [3.8, 4) is 17.6 Å². The van der Waals surface area contributed by atoms with E-state index in [0.717, 1.165) is 0 Å². The molecule has 0 radical (unpaired) electrons. The van der Waals surface area contributed by atoms with Crippen LogP contribution in [-0.4, -0.2) is 37.5 Å². The molecule has 0 bridgehead atoms. The van der Waals surface area contributed by atoms with Crippen molar-refractivity contribution in [3.63, 3.8) is 0 Å². The molecule has 1 aromatic carbocycles. The van der Waals surface area contributed by atoms with Crippen molar-refractivity contribution in [2.75, 3.05) is 19.8 Å². The van der Waals surface area contributed by atoms with Crippen LogP contribution in [0.2, 0.25) is 0 Å². The van der Waals surface area contributed by atoms with Gasteiger partial charge in [0.05, 0.1) is 25.1 Å². The molecule has 7 heteroatoms. The lowest BCUT2D eigenvalue weighted by atomic mass is 10.2. The van der Waals surface area contributed by atoms with Crippen LogP contribution in [0.3, 0.4) is 0 Å². The third-order valence-electron chi connectivity index (χ3n) is 2.81. The van der Waals surface area contributed by atoms with Crippen molar-refractivity contribution in [2.45, 2.75) is 19.8 Å². The predicted octanol–water partition coefficient (Wildman–Crippen LogP) is 0.627. The molecule has 3 N–H and O–H groups in total. The Morgan fingerprint density at radius 1 is 1.17 bits per heavy atom. The molecule has 0 aliphatic heterocycles. The van der Waals surface area contributed by atoms with E-state index in [9.17, 15) is 14.4 Å². The lowest BCUT2D eigenvalue weighted by Crippen LogP contribution is -2.24. The van der Waals surface area contributed by atoms with E-state index in [2.05, 4.69) is 17.2 Å². The van der Waals surface area contributed by atoms with E-state index in [-0.39, 0.29) is 37.5 Å². The van der Waals surface area contributed by atoms with Gasteiger partial charge in [-0.1, -0.05) is 24.0 Å². The summed E-state index contributed by atoms with van der Waals surface area (Å²) in [5.74, 6) is 4.52. The molecule has 0 aliphatic rings. The van der Waals surface area contributed by atoms with E-state index in [1.807, 2.05) is 0 Å². The number of carbonyl (C=O) groups is 3. The van der Waals surface area contributed by atoms with Crippen LogP contribution in [0.4, 0.5) is 0 Å². The number of hydrogen-bond donors (Lipinski definition) is 2. The third-order valence-corrected chi connectivity index (χ3v) is 2.81. The minimum atomic E-state index is -0.576. The second kappa shape index (κ2) is 10.7. The summed E-state index contributed by atoms with van der Waals surface area (Å²) in [6.45, 7) is 2.20. The topological polar surface area (TPSA) is 108 Å². The van der Waals surface area contributed by atoms with E-state index in [0.29, 0.717) is 12.4 Å². The molecular weight excluding hydrogens is 312 g/mol. The van der Waals surface area contributed by atoms with Gasteiger partial charge in [0.2, 0.25) is 5.91 Å². The number of esters is 1. The van der Waals surface area contributed by atoms with Crippen molar-refractivity contribution in [2.24, 2.45) is 5.73 Å². The molecule has 0 saturated heterocycles. The predicted molar refractivity (Wildman–Crippen MR) is 87.1 cm³/mol. The van der Waals surface area contributed by atoms with Crippen LogP contribution in [-0.2, 0) is 14.3 Å². The second-order valence-corrected chi connectivity index (χ2v) is 4.58. The minimum Gasteiger partial charge on any atom is -0.480 e. The van der Waals surface area contributed by atoms with E-state index in [1.165, 1.54) is 0 Å². The number of para-hydroxylation sites is 1. The van der Waals surface area contributed by atoms with Crippen molar-refractivity contribution in [1.82, 2.24) is 5.32 Å². The van der Waals surface area contributed by atoms with Gasteiger partial charge in [-0.2, -0.15) is 0 Å². The Balaban J connectivity index is 2.27. The summed E-state index contributed by atoms with van der Waals surface area (Å²) in [5.41, 5.74) is 5.52. The van der Waals surface area contributed by atoms with Gasteiger partial charge in [-0.25, -0.2) is 0 Å². The summed E-state index contributed by atoms with van der Waals surface area (Å²) in [6, 6.07) is 6.59. The normalized spacial score (nSPS) is 9.38. The van der Waals surface area contributed by atoms with E-state index in [4.69, 9.17) is 15.2 Å². The van der Waals surface area contributed by atoms with E-state index < -0.39 is 11.9 Å². The number of hydrogen-bond acceptors (Lipinski definition) is 5. The highest BCUT2D eigenvalue weighted by Gasteiger charge is 2.07. The molecule has 2 amide bonds. The molecule has 0 spiro atoms. The number of nitrogens with two attached hydrogens (primary N) is 1. The van der Waals surface area contributed by atoms with E-state index in [1.54, 1.807) is 31.2 Å². The van der Waals surface area contributed by atoms with Crippen molar-refractivity contribution >= 4 is 17.8 Å². The van der Waals surface area contributed by atoms with Gasteiger partial charge in [-0.05, 0) is 19.1 Å². The summed E-state index contributed by atoms with van der Waals surface area (Å²) in [4.78, 5) is 33.8. The van der Waals surface area contributed by atoms with Gasteiger partial charge < -0.3 is 20.5 Å². The zero-order valence-electron chi connectivity index (χ0n) is 13.5. The number of rotatable bonds is 8. The molecule has 1 aromatic rings. The maximum atomic E-state index is 11.5. The SMILES string of the molecule is CCOC(=O)CCC(=O)NCC#CCOc1ccccc1C(N)=O. The number of amides is 2. The van der Waals surface area contributed by atoms with Gasteiger partial charge in [-0.15, -0.1) is 0 Å². The first-order valence-electron chi connectivity index (χ1n) is 7.44. The van der Waals surface area contributed by atoms with Crippen LogP contribution < -0.4 is 15.8 Å². The highest BCUT2D eigenvalue weighted by molar-refractivity contribution is 5.95. The Labute approximate surface area is 140 Å². The van der Waals surface area contributed by atoms with Crippen LogP contribution >= 0.6 is 0 Å². The average molecular weight is 332 g/mol. The summed E-state index contributed by atoms with van der Waals surface area (Å²) < 4.78 is 10.1.